The van der Waals surface area contributed by atoms with Gasteiger partial charge in [-0.05, 0) is 124 Å². The van der Waals surface area contributed by atoms with E-state index < -0.39 is 0 Å². The van der Waals surface area contributed by atoms with Crippen LogP contribution in [0.1, 0.15) is 39.5 Å². The number of ether oxygens (including phenoxy) is 2. The standard InChI is InChI=1S/C41H43N7O3/c1-4-41(49)51-30-12-8-7-11-29-50-36-25-21-34(22-26-36)43-42-31-15-17-32(18-16-31)44-46-39-27-28-40(38-14-10-9-13-37(38)39)47-45-33-19-23-35(24-20-33)48(5-2)6-3/h4,9-10,13-28H,1,5-8,11-12,29-30H2,2-3H3. The number of hydrogen-bond donors (Lipinski definition) is 0. The number of carbonyl (C=O) groups is 1. The Morgan fingerprint density at radius 1 is 0.588 bits per heavy atom. The highest BCUT2D eigenvalue weighted by molar-refractivity contribution is 5.99. The van der Waals surface area contributed by atoms with Crippen LogP contribution in [-0.4, -0.2) is 32.3 Å². The van der Waals surface area contributed by atoms with Gasteiger partial charge in [0.1, 0.15) is 5.75 Å². The normalized spacial score (nSPS) is 11.5. The fourth-order valence-electron chi connectivity index (χ4n) is 5.27. The first-order valence-corrected chi connectivity index (χ1v) is 17.3. The van der Waals surface area contributed by atoms with Crippen molar-refractivity contribution in [1.29, 1.82) is 0 Å². The minimum absolute atomic E-state index is 0.376. The molecule has 0 spiro atoms. The second kappa shape index (κ2) is 19.2. The van der Waals surface area contributed by atoms with E-state index in [0.717, 1.165) is 78.0 Å². The van der Waals surface area contributed by atoms with E-state index >= 15 is 0 Å². The van der Waals surface area contributed by atoms with Gasteiger partial charge in [-0.25, -0.2) is 4.79 Å². The molecule has 0 bridgehead atoms. The predicted octanol–water partition coefficient (Wildman–Crippen LogP) is 12.6. The van der Waals surface area contributed by atoms with Crippen molar-refractivity contribution in [2.24, 2.45) is 30.7 Å². The number of carbonyl (C=O) groups excluding carboxylic acids is 1. The molecule has 0 atom stereocenters. The molecule has 0 unspecified atom stereocenters. The minimum Gasteiger partial charge on any atom is -0.494 e. The molecule has 0 aliphatic heterocycles. The van der Waals surface area contributed by atoms with Crippen molar-refractivity contribution in [3.8, 4) is 5.75 Å². The first kappa shape index (κ1) is 36.3. The van der Waals surface area contributed by atoms with Gasteiger partial charge in [-0.2, -0.15) is 20.5 Å². The maximum absolute atomic E-state index is 11.0. The summed E-state index contributed by atoms with van der Waals surface area (Å²) in [6, 6.07) is 34.9. The highest BCUT2D eigenvalue weighted by Crippen LogP contribution is 2.35. The highest BCUT2D eigenvalue weighted by Gasteiger charge is 2.06. The Hall–Kier alpha value is -6.03. The second-order valence-electron chi connectivity index (χ2n) is 11.6. The summed E-state index contributed by atoms with van der Waals surface area (Å²) in [7, 11) is 0. The monoisotopic (exact) mass is 681 g/mol. The molecule has 0 aromatic heterocycles. The summed E-state index contributed by atoms with van der Waals surface area (Å²) in [5, 5.41) is 28.7. The molecule has 0 aliphatic carbocycles. The van der Waals surface area contributed by atoms with Gasteiger partial charge in [0.05, 0.1) is 47.3 Å². The van der Waals surface area contributed by atoms with Gasteiger partial charge in [-0.3, -0.25) is 0 Å². The molecule has 5 aromatic carbocycles. The number of anilines is 1. The lowest BCUT2D eigenvalue weighted by Crippen LogP contribution is -2.21. The van der Waals surface area contributed by atoms with Gasteiger partial charge >= 0.3 is 5.97 Å². The van der Waals surface area contributed by atoms with Gasteiger partial charge in [-0.1, -0.05) is 30.8 Å². The molecule has 0 heterocycles. The zero-order valence-electron chi connectivity index (χ0n) is 29.2. The number of azo groups is 3. The third kappa shape index (κ3) is 11.0. The Morgan fingerprint density at radius 2 is 1.04 bits per heavy atom. The van der Waals surface area contributed by atoms with Crippen molar-refractivity contribution in [2.75, 3.05) is 31.2 Å². The summed E-state index contributed by atoms with van der Waals surface area (Å²) >= 11 is 0. The lowest BCUT2D eigenvalue weighted by atomic mass is 10.1. The van der Waals surface area contributed by atoms with E-state index in [9.17, 15) is 4.79 Å². The molecule has 0 amide bonds. The molecule has 10 heteroatoms. The molecule has 5 aromatic rings. The van der Waals surface area contributed by atoms with Crippen molar-refractivity contribution >= 4 is 56.6 Å². The molecule has 0 radical (unpaired) electrons. The Bertz CT molecular complexity index is 1950. The second-order valence-corrected chi connectivity index (χ2v) is 11.6. The summed E-state index contributed by atoms with van der Waals surface area (Å²) in [5.74, 6) is 0.409. The van der Waals surface area contributed by atoms with Crippen LogP contribution in [0.2, 0.25) is 0 Å². The SMILES string of the molecule is C=CC(=O)OCCCCCCOc1ccc(N=Nc2ccc(N=Nc3ccc(N=Nc4ccc(N(CC)CC)cc4)c4ccccc34)cc2)cc1. The number of benzene rings is 5. The van der Waals surface area contributed by atoms with E-state index in [1.54, 1.807) is 0 Å². The minimum atomic E-state index is -0.376. The lowest BCUT2D eigenvalue weighted by molar-refractivity contribution is -0.137. The molecule has 51 heavy (non-hydrogen) atoms. The number of unbranched alkanes of at least 4 members (excludes halogenated alkanes) is 3. The average Bonchev–Trinajstić information content (AvgIpc) is 3.18. The maximum Gasteiger partial charge on any atom is 0.330 e. The van der Waals surface area contributed by atoms with E-state index in [1.807, 2.05) is 97.1 Å². The lowest BCUT2D eigenvalue weighted by Gasteiger charge is -2.20. The predicted molar refractivity (Wildman–Crippen MR) is 204 cm³/mol. The van der Waals surface area contributed by atoms with Crippen LogP contribution in [-0.2, 0) is 9.53 Å². The third-order valence-corrected chi connectivity index (χ3v) is 8.09. The smallest absolute Gasteiger partial charge is 0.330 e. The Morgan fingerprint density at radius 3 is 1.53 bits per heavy atom. The van der Waals surface area contributed by atoms with Crippen LogP contribution in [0.3, 0.4) is 0 Å². The number of nitrogens with zero attached hydrogens (tertiary/aromatic N) is 7. The first-order chi connectivity index (χ1) is 25.1. The van der Waals surface area contributed by atoms with Gasteiger partial charge in [-0.15, -0.1) is 10.2 Å². The first-order valence-electron chi connectivity index (χ1n) is 17.3. The molecular weight excluding hydrogens is 638 g/mol. The van der Waals surface area contributed by atoms with Gasteiger partial charge in [0.2, 0.25) is 0 Å². The van der Waals surface area contributed by atoms with Crippen LogP contribution in [0.15, 0.2) is 153 Å². The van der Waals surface area contributed by atoms with Gasteiger partial charge in [0.15, 0.2) is 0 Å². The summed E-state index contributed by atoms with van der Waals surface area (Å²) < 4.78 is 10.8. The fourth-order valence-corrected chi connectivity index (χ4v) is 5.27. The van der Waals surface area contributed by atoms with E-state index in [0.29, 0.717) is 24.6 Å². The largest absolute Gasteiger partial charge is 0.494 e. The molecule has 0 N–H and O–H groups in total. The van der Waals surface area contributed by atoms with Crippen molar-refractivity contribution in [3.05, 3.63) is 122 Å². The van der Waals surface area contributed by atoms with E-state index in [-0.39, 0.29) is 5.97 Å². The zero-order chi connectivity index (χ0) is 35.7. The van der Waals surface area contributed by atoms with Crippen molar-refractivity contribution < 1.29 is 14.3 Å². The van der Waals surface area contributed by atoms with E-state index in [4.69, 9.17) is 9.47 Å². The van der Waals surface area contributed by atoms with Crippen LogP contribution < -0.4 is 9.64 Å². The van der Waals surface area contributed by atoms with Crippen LogP contribution in [0.25, 0.3) is 10.8 Å². The Kier molecular flexibility index (Phi) is 13.7. The Labute approximate surface area is 299 Å². The van der Waals surface area contributed by atoms with Gasteiger partial charge < -0.3 is 14.4 Å². The van der Waals surface area contributed by atoms with Gasteiger partial charge in [0.25, 0.3) is 0 Å². The summed E-state index contributed by atoms with van der Waals surface area (Å²) in [4.78, 5) is 13.3. The fraction of sp³-hybridized carbons (Fsp3) is 0.244. The summed E-state index contributed by atoms with van der Waals surface area (Å²) in [6.07, 6.45) is 4.92. The molecule has 0 saturated carbocycles. The van der Waals surface area contributed by atoms with E-state index in [2.05, 4.69) is 68.1 Å². The molecule has 5 rings (SSSR count). The van der Waals surface area contributed by atoms with Gasteiger partial charge in [0, 0.05) is 35.6 Å². The molecule has 0 saturated heterocycles. The quantitative estimate of drug-likeness (QED) is 0.0396. The number of hydrogen-bond acceptors (Lipinski definition) is 10. The molecular formula is C41H43N7O3. The maximum atomic E-state index is 11.0. The zero-order valence-corrected chi connectivity index (χ0v) is 29.2. The molecule has 0 fully saturated rings. The number of esters is 1. The molecule has 260 valence electrons. The summed E-state index contributed by atoms with van der Waals surface area (Å²) in [5.41, 5.74) is 5.62. The van der Waals surface area contributed by atoms with Crippen molar-refractivity contribution in [1.82, 2.24) is 0 Å². The number of fused-ring (bicyclic) bond motifs is 1. The van der Waals surface area contributed by atoms with Crippen LogP contribution in [0.5, 0.6) is 5.75 Å². The van der Waals surface area contributed by atoms with Crippen LogP contribution >= 0.6 is 0 Å². The van der Waals surface area contributed by atoms with Crippen LogP contribution in [0.4, 0.5) is 39.8 Å². The molecule has 0 aliphatic rings. The summed E-state index contributed by atoms with van der Waals surface area (Å²) in [6.45, 7) is 10.7. The topological polar surface area (TPSA) is 113 Å². The highest BCUT2D eigenvalue weighted by atomic mass is 16.5. The Balaban J connectivity index is 1.12. The van der Waals surface area contributed by atoms with Crippen molar-refractivity contribution in [2.45, 2.75) is 39.5 Å². The van der Waals surface area contributed by atoms with Crippen molar-refractivity contribution in [3.63, 3.8) is 0 Å². The third-order valence-electron chi connectivity index (χ3n) is 8.09. The number of rotatable bonds is 18. The van der Waals surface area contributed by atoms with Crippen LogP contribution in [0, 0.1) is 0 Å². The van der Waals surface area contributed by atoms with E-state index in [1.165, 1.54) is 11.8 Å². The molecule has 10 nitrogen and oxygen atoms in total. The average molecular weight is 682 g/mol.